The van der Waals surface area contributed by atoms with Crippen LogP contribution in [0.3, 0.4) is 0 Å². The molecule has 1 aromatic heterocycles. The number of methoxy groups -OCH3 is 1. The van der Waals surface area contributed by atoms with Crippen LogP contribution in [0.15, 0.2) is 34.0 Å². The number of rotatable bonds is 4. The number of anilines is 1. The number of ether oxygens (including phenoxy) is 1. The Bertz CT molecular complexity index is 745. The van der Waals surface area contributed by atoms with E-state index in [1.807, 2.05) is 0 Å². The fourth-order valence-corrected chi connectivity index (χ4v) is 3.46. The van der Waals surface area contributed by atoms with Gasteiger partial charge in [0.25, 0.3) is 10.0 Å². The van der Waals surface area contributed by atoms with Crippen molar-refractivity contribution in [2.24, 2.45) is 7.05 Å². The van der Waals surface area contributed by atoms with E-state index in [0.717, 1.165) is 0 Å². The van der Waals surface area contributed by atoms with Gasteiger partial charge in [0, 0.05) is 17.6 Å². The Kier molecular flexibility index (Phi) is 4.26. The van der Waals surface area contributed by atoms with Crippen LogP contribution in [0.5, 0.6) is 5.75 Å². The zero-order valence-electron chi connectivity index (χ0n) is 10.6. The first-order valence-corrected chi connectivity index (χ1v) is 8.03. The number of aromatic nitrogens is 2. The van der Waals surface area contributed by atoms with Crippen LogP contribution in [-0.4, -0.2) is 25.1 Å². The van der Waals surface area contributed by atoms with Gasteiger partial charge in [0.15, 0.2) is 0 Å². The third-order valence-corrected chi connectivity index (χ3v) is 5.05. The van der Waals surface area contributed by atoms with Crippen molar-refractivity contribution in [3.05, 3.63) is 34.2 Å². The maximum atomic E-state index is 12.3. The summed E-state index contributed by atoms with van der Waals surface area (Å²) in [6.07, 6.45) is 1.33. The van der Waals surface area contributed by atoms with Crippen molar-refractivity contribution < 1.29 is 13.2 Å². The molecule has 0 amide bonds. The number of halogens is 2. The summed E-state index contributed by atoms with van der Waals surface area (Å²) < 4.78 is 34.0. The molecule has 20 heavy (non-hydrogen) atoms. The third kappa shape index (κ3) is 2.92. The van der Waals surface area contributed by atoms with Crippen molar-refractivity contribution >= 4 is 43.2 Å². The maximum Gasteiger partial charge on any atom is 0.282 e. The van der Waals surface area contributed by atoms with E-state index in [4.69, 9.17) is 16.3 Å². The number of nitrogens with zero attached hydrogens (tertiary/aromatic N) is 2. The first-order valence-electron chi connectivity index (χ1n) is 5.38. The van der Waals surface area contributed by atoms with Crippen molar-refractivity contribution in [1.82, 2.24) is 9.55 Å². The summed E-state index contributed by atoms with van der Waals surface area (Å²) in [5.74, 6) is 0.526. The van der Waals surface area contributed by atoms with Gasteiger partial charge in [0.1, 0.15) is 10.9 Å². The highest BCUT2D eigenvalue weighted by molar-refractivity contribution is 9.10. The van der Waals surface area contributed by atoms with Crippen molar-refractivity contribution in [3.8, 4) is 5.75 Å². The second kappa shape index (κ2) is 5.63. The molecule has 0 atom stereocenters. The van der Waals surface area contributed by atoms with Crippen LogP contribution in [-0.2, 0) is 17.1 Å². The van der Waals surface area contributed by atoms with Crippen LogP contribution in [0, 0.1) is 0 Å². The van der Waals surface area contributed by atoms with Crippen molar-refractivity contribution in [1.29, 1.82) is 0 Å². The minimum atomic E-state index is -3.87. The van der Waals surface area contributed by atoms with Gasteiger partial charge in [-0.05, 0) is 28.1 Å². The highest BCUT2D eigenvalue weighted by atomic mass is 79.9. The molecule has 9 heteroatoms. The normalized spacial score (nSPS) is 11.4. The highest BCUT2D eigenvalue weighted by Crippen LogP contribution is 2.30. The van der Waals surface area contributed by atoms with E-state index in [1.54, 1.807) is 25.2 Å². The summed E-state index contributed by atoms with van der Waals surface area (Å²) in [7, 11) is -0.766. The molecule has 6 nitrogen and oxygen atoms in total. The van der Waals surface area contributed by atoms with Gasteiger partial charge in [-0.25, -0.2) is 4.98 Å². The first kappa shape index (κ1) is 15.1. The molecule has 0 aliphatic rings. The molecule has 2 aromatic rings. The maximum absolute atomic E-state index is 12.3. The number of benzene rings is 1. The quantitative estimate of drug-likeness (QED) is 0.885. The van der Waals surface area contributed by atoms with Crippen molar-refractivity contribution in [2.75, 3.05) is 11.8 Å². The zero-order valence-corrected chi connectivity index (χ0v) is 13.8. The van der Waals surface area contributed by atoms with Gasteiger partial charge >= 0.3 is 0 Å². The summed E-state index contributed by atoms with van der Waals surface area (Å²) >= 11 is 9.17. The second-order valence-corrected chi connectivity index (χ2v) is 6.71. The number of imidazole rings is 1. The Hall–Kier alpha value is -1.25. The number of sulfonamides is 1. The summed E-state index contributed by atoms with van der Waals surface area (Å²) in [4.78, 5) is 3.79. The molecule has 0 aliphatic heterocycles. The number of nitrogens with one attached hydrogen (secondary N) is 1. The van der Waals surface area contributed by atoms with Gasteiger partial charge in [-0.2, -0.15) is 8.42 Å². The summed E-state index contributed by atoms with van der Waals surface area (Å²) in [6, 6.07) is 4.94. The van der Waals surface area contributed by atoms with Gasteiger partial charge in [-0.1, -0.05) is 11.6 Å². The average Bonchev–Trinajstić information content (AvgIpc) is 2.73. The molecule has 0 spiro atoms. The molecule has 108 valence electrons. The van der Waals surface area contributed by atoms with Crippen LogP contribution >= 0.6 is 27.5 Å². The Morgan fingerprint density at radius 1 is 1.45 bits per heavy atom. The Morgan fingerprint density at radius 3 is 2.70 bits per heavy atom. The molecule has 0 radical (unpaired) electrons. The Balaban J connectivity index is 2.40. The predicted molar refractivity (Wildman–Crippen MR) is 79.7 cm³/mol. The molecule has 0 aliphatic carbocycles. The zero-order chi connectivity index (χ0) is 14.9. The van der Waals surface area contributed by atoms with Gasteiger partial charge in [-0.3, -0.25) is 4.72 Å². The molecule has 0 unspecified atom stereocenters. The molecule has 1 heterocycles. The van der Waals surface area contributed by atoms with E-state index in [9.17, 15) is 8.42 Å². The molecule has 0 saturated carbocycles. The smallest absolute Gasteiger partial charge is 0.282 e. The van der Waals surface area contributed by atoms with Gasteiger partial charge in [0.2, 0.25) is 5.03 Å². The minimum absolute atomic E-state index is 0.0384. The molecule has 1 N–H and O–H groups in total. The van der Waals surface area contributed by atoms with E-state index < -0.39 is 10.0 Å². The molecule has 2 rings (SSSR count). The number of hydrogen-bond acceptors (Lipinski definition) is 4. The summed E-state index contributed by atoms with van der Waals surface area (Å²) in [6.45, 7) is 0. The molecule has 0 bridgehead atoms. The van der Waals surface area contributed by atoms with Crippen molar-refractivity contribution in [2.45, 2.75) is 5.03 Å². The van der Waals surface area contributed by atoms with Crippen LogP contribution in [0.1, 0.15) is 0 Å². The summed E-state index contributed by atoms with van der Waals surface area (Å²) in [5.41, 5.74) is 0.339. The average molecular weight is 381 g/mol. The van der Waals surface area contributed by atoms with Crippen LogP contribution in [0.2, 0.25) is 5.15 Å². The lowest BCUT2D eigenvalue weighted by Crippen LogP contribution is -2.14. The lowest BCUT2D eigenvalue weighted by Gasteiger charge is -2.10. The summed E-state index contributed by atoms with van der Waals surface area (Å²) in [5, 5.41) is -0.187. The molecular weight excluding hydrogens is 370 g/mol. The fourth-order valence-electron chi connectivity index (χ4n) is 1.48. The predicted octanol–water partition coefficient (Wildman–Crippen LogP) is 2.65. The lowest BCUT2D eigenvalue weighted by atomic mass is 10.3. The molecule has 0 saturated heterocycles. The van der Waals surface area contributed by atoms with Crippen LogP contribution in [0.4, 0.5) is 5.69 Å². The molecular formula is C11H11BrClN3O3S. The standard InChI is InChI=1S/C11H11BrClN3O3S/c1-16-6-14-11(10(16)13)20(17,18)15-9-5-7(19-2)3-4-8(9)12/h3-6,15H,1-2H3. The SMILES string of the molecule is COc1ccc(Br)c(NS(=O)(=O)c2ncn(C)c2Cl)c1. The van der Waals surface area contributed by atoms with E-state index in [2.05, 4.69) is 25.6 Å². The van der Waals surface area contributed by atoms with E-state index in [1.165, 1.54) is 18.0 Å². The van der Waals surface area contributed by atoms with Crippen LogP contribution in [0.25, 0.3) is 0 Å². The fraction of sp³-hybridized carbons (Fsp3) is 0.182. The van der Waals surface area contributed by atoms with E-state index in [-0.39, 0.29) is 10.2 Å². The largest absolute Gasteiger partial charge is 0.497 e. The van der Waals surface area contributed by atoms with Crippen LogP contribution < -0.4 is 9.46 Å². The van der Waals surface area contributed by atoms with Gasteiger partial charge in [0.05, 0.1) is 19.1 Å². The lowest BCUT2D eigenvalue weighted by molar-refractivity contribution is 0.415. The number of aryl methyl sites for hydroxylation is 1. The third-order valence-electron chi connectivity index (χ3n) is 2.51. The monoisotopic (exact) mass is 379 g/mol. The van der Waals surface area contributed by atoms with Crippen molar-refractivity contribution in [3.63, 3.8) is 0 Å². The second-order valence-electron chi connectivity index (χ2n) is 3.90. The molecule has 0 fully saturated rings. The first-order chi connectivity index (χ1) is 9.35. The Morgan fingerprint density at radius 2 is 2.15 bits per heavy atom. The number of hydrogen-bond donors (Lipinski definition) is 1. The topological polar surface area (TPSA) is 73.2 Å². The van der Waals surface area contributed by atoms with E-state index in [0.29, 0.717) is 15.9 Å². The highest BCUT2D eigenvalue weighted by Gasteiger charge is 2.23. The Labute approximate surface area is 129 Å². The van der Waals surface area contributed by atoms with Gasteiger partial charge in [-0.15, -0.1) is 0 Å². The van der Waals surface area contributed by atoms with Gasteiger partial charge < -0.3 is 9.30 Å². The minimum Gasteiger partial charge on any atom is -0.497 e. The van der Waals surface area contributed by atoms with E-state index >= 15 is 0 Å². The molecule has 1 aromatic carbocycles.